The van der Waals surface area contributed by atoms with Gasteiger partial charge in [-0.3, -0.25) is 24.0 Å². The van der Waals surface area contributed by atoms with Crippen molar-refractivity contribution in [1.29, 1.82) is 0 Å². The van der Waals surface area contributed by atoms with Gasteiger partial charge in [-0.2, -0.15) is 0 Å². The number of unbranched alkanes of at least 4 members (excludes halogenated alkanes) is 1. The second-order valence-electron chi connectivity index (χ2n) is 14.0. The van der Waals surface area contributed by atoms with E-state index in [4.69, 9.17) is 0 Å². The maximum Gasteiger partial charge on any atom is 0.328 e. The van der Waals surface area contributed by atoms with E-state index >= 15 is 0 Å². The van der Waals surface area contributed by atoms with Crippen LogP contribution < -0.4 is 26.6 Å². The lowest BCUT2D eigenvalue weighted by molar-refractivity contribution is -0.143. The van der Waals surface area contributed by atoms with Gasteiger partial charge in [0.05, 0.1) is 26.2 Å². The van der Waals surface area contributed by atoms with Crippen LogP contribution in [0.25, 0.3) is 0 Å². The van der Waals surface area contributed by atoms with Gasteiger partial charge in [-0.25, -0.2) is 4.79 Å². The third-order valence-electron chi connectivity index (χ3n) is 9.28. The van der Waals surface area contributed by atoms with E-state index in [0.29, 0.717) is 18.0 Å². The van der Waals surface area contributed by atoms with Crippen LogP contribution >= 0.6 is 0 Å². The molecule has 0 saturated heterocycles. The maximum atomic E-state index is 12.9. The molecule has 5 unspecified atom stereocenters. The van der Waals surface area contributed by atoms with Crippen molar-refractivity contribution in [3.8, 4) is 0 Å². The number of carbonyl (C=O) groups is 6. The Bertz CT molecular complexity index is 1300. The third kappa shape index (κ3) is 11.9. The second kappa shape index (κ2) is 17.9. The van der Waals surface area contributed by atoms with E-state index in [1.807, 2.05) is 12.1 Å². The number of hydrogen-bond donors (Lipinski definition) is 7. The molecule has 0 radical (unpaired) electrons. The van der Waals surface area contributed by atoms with Crippen LogP contribution in [0.5, 0.6) is 0 Å². The van der Waals surface area contributed by atoms with E-state index in [9.17, 15) is 39.0 Å². The van der Waals surface area contributed by atoms with Crippen LogP contribution in [-0.4, -0.2) is 109 Å². The van der Waals surface area contributed by atoms with Crippen molar-refractivity contribution >= 4 is 35.5 Å². The average Bonchev–Trinajstić information content (AvgIpc) is 3.69. The summed E-state index contributed by atoms with van der Waals surface area (Å²) in [7, 11) is 2.12. The Kier molecular flexibility index (Phi) is 14.3. The van der Waals surface area contributed by atoms with Gasteiger partial charge in [-0.1, -0.05) is 39.3 Å². The molecule has 1 aromatic carbocycles. The average molecular weight is 673 g/mol. The van der Waals surface area contributed by atoms with Gasteiger partial charge < -0.3 is 41.7 Å². The van der Waals surface area contributed by atoms with Gasteiger partial charge in [0.15, 0.2) is 0 Å². The van der Waals surface area contributed by atoms with Gasteiger partial charge in [0.1, 0.15) is 12.1 Å². The first-order valence-electron chi connectivity index (χ1n) is 16.7. The van der Waals surface area contributed by atoms with Crippen molar-refractivity contribution < 1.29 is 39.0 Å². The zero-order valence-electron chi connectivity index (χ0n) is 28.5. The Morgan fingerprint density at radius 1 is 0.833 bits per heavy atom. The number of nitrogens with zero attached hydrogens (tertiary/aromatic N) is 1. The molecule has 2 fully saturated rings. The molecular weight excluding hydrogens is 620 g/mol. The summed E-state index contributed by atoms with van der Waals surface area (Å²) in [5, 5.41) is 30.6. The van der Waals surface area contributed by atoms with Crippen molar-refractivity contribution in [3.05, 3.63) is 35.4 Å². The SMILES string of the molecule is CN(CCCCC(NC(=O)CNC(=O)CNC(=O)CNC(=O)c1ccc(C(C)(C)C)cc1)C(=O)NC(CO)C(=O)O)C1CC2CCC1C2. The minimum Gasteiger partial charge on any atom is -0.480 e. The number of hydrogen-bond acceptors (Lipinski definition) is 8. The van der Waals surface area contributed by atoms with E-state index < -0.39 is 67.3 Å². The van der Waals surface area contributed by atoms with E-state index in [-0.39, 0.29) is 18.4 Å². The molecule has 1 aromatic rings. The number of carbonyl (C=O) groups excluding carboxylic acids is 5. The molecule has 0 aromatic heterocycles. The van der Waals surface area contributed by atoms with Crippen LogP contribution in [0.1, 0.15) is 81.6 Å². The predicted molar refractivity (Wildman–Crippen MR) is 178 cm³/mol. The molecule has 2 bridgehead atoms. The number of carboxylic acids is 1. The number of aliphatic carboxylic acids is 1. The number of fused-ring (bicyclic) bond motifs is 2. The van der Waals surface area contributed by atoms with Crippen molar-refractivity contribution in [3.63, 3.8) is 0 Å². The summed E-state index contributed by atoms with van der Waals surface area (Å²) in [4.78, 5) is 76.0. The summed E-state index contributed by atoms with van der Waals surface area (Å²) in [5.74, 6) is -2.99. The van der Waals surface area contributed by atoms with Crippen LogP contribution in [0.15, 0.2) is 24.3 Å². The summed E-state index contributed by atoms with van der Waals surface area (Å²) < 4.78 is 0. The number of nitrogens with one attached hydrogen (secondary N) is 5. The first-order valence-corrected chi connectivity index (χ1v) is 16.7. The van der Waals surface area contributed by atoms with Crippen LogP contribution in [0, 0.1) is 11.8 Å². The second-order valence-corrected chi connectivity index (χ2v) is 14.0. The van der Waals surface area contributed by atoms with Gasteiger partial charge in [0, 0.05) is 11.6 Å². The van der Waals surface area contributed by atoms with Crippen molar-refractivity contribution in [2.75, 3.05) is 39.8 Å². The Morgan fingerprint density at radius 2 is 1.46 bits per heavy atom. The molecule has 0 spiro atoms. The topological polar surface area (TPSA) is 206 Å². The Labute approximate surface area is 282 Å². The normalized spacial score (nSPS) is 19.7. The highest BCUT2D eigenvalue weighted by molar-refractivity contribution is 5.97. The Hall–Kier alpha value is -4.04. The third-order valence-corrected chi connectivity index (χ3v) is 9.28. The summed E-state index contributed by atoms with van der Waals surface area (Å²) in [6, 6.07) is 5.03. The summed E-state index contributed by atoms with van der Waals surface area (Å²) >= 11 is 0. The predicted octanol–water partition coefficient (Wildman–Crippen LogP) is 0.284. The minimum absolute atomic E-state index is 0.0659. The fraction of sp³-hybridized carbons (Fsp3) is 0.647. The summed E-state index contributed by atoms with van der Waals surface area (Å²) in [6.45, 7) is 4.91. The minimum atomic E-state index is -1.53. The Balaban J connectivity index is 1.39. The van der Waals surface area contributed by atoms with E-state index in [0.717, 1.165) is 30.4 Å². The first-order chi connectivity index (χ1) is 22.7. The highest BCUT2D eigenvalue weighted by Gasteiger charge is 2.41. The van der Waals surface area contributed by atoms with Gasteiger partial charge in [-0.15, -0.1) is 0 Å². The van der Waals surface area contributed by atoms with Crippen LogP contribution in [0.4, 0.5) is 0 Å². The highest BCUT2D eigenvalue weighted by Crippen LogP contribution is 2.46. The van der Waals surface area contributed by atoms with Gasteiger partial charge in [0.2, 0.25) is 23.6 Å². The molecular formula is C34H52N6O8. The molecule has 2 aliphatic rings. The van der Waals surface area contributed by atoms with Gasteiger partial charge in [-0.05, 0) is 87.1 Å². The zero-order valence-corrected chi connectivity index (χ0v) is 28.5. The van der Waals surface area contributed by atoms with E-state index in [1.54, 1.807) is 12.1 Å². The summed E-state index contributed by atoms with van der Waals surface area (Å²) in [5.41, 5.74) is 1.39. The van der Waals surface area contributed by atoms with Crippen molar-refractivity contribution in [2.45, 2.75) is 89.3 Å². The molecule has 2 saturated carbocycles. The first kappa shape index (κ1) is 38.4. The molecule has 266 valence electrons. The molecule has 3 rings (SSSR count). The maximum absolute atomic E-state index is 12.9. The number of amides is 5. The van der Waals surface area contributed by atoms with Crippen LogP contribution in [0.3, 0.4) is 0 Å². The van der Waals surface area contributed by atoms with Crippen LogP contribution in [-0.2, 0) is 29.4 Å². The zero-order chi connectivity index (χ0) is 35.4. The molecule has 5 atom stereocenters. The van der Waals surface area contributed by atoms with Crippen molar-refractivity contribution in [1.82, 2.24) is 31.5 Å². The molecule has 5 amide bonds. The van der Waals surface area contributed by atoms with Gasteiger partial charge >= 0.3 is 5.97 Å². The lowest BCUT2D eigenvalue weighted by atomic mass is 9.87. The quantitative estimate of drug-likeness (QED) is 0.107. The highest BCUT2D eigenvalue weighted by atomic mass is 16.4. The number of benzene rings is 1. The number of aliphatic hydroxyl groups is 1. The van der Waals surface area contributed by atoms with Crippen molar-refractivity contribution in [2.24, 2.45) is 11.8 Å². The smallest absolute Gasteiger partial charge is 0.328 e. The van der Waals surface area contributed by atoms with Gasteiger partial charge in [0.25, 0.3) is 5.91 Å². The lowest BCUT2D eigenvalue weighted by Gasteiger charge is -2.31. The largest absolute Gasteiger partial charge is 0.480 e. The molecule has 7 N–H and O–H groups in total. The number of aliphatic hydroxyl groups excluding tert-OH is 1. The van der Waals surface area contributed by atoms with Crippen LogP contribution in [0.2, 0.25) is 0 Å². The summed E-state index contributed by atoms with van der Waals surface area (Å²) in [6.07, 6.45) is 6.70. The fourth-order valence-electron chi connectivity index (χ4n) is 6.47. The Morgan fingerprint density at radius 3 is 2.00 bits per heavy atom. The molecule has 48 heavy (non-hydrogen) atoms. The number of carboxylic acid groups (broad SMARTS) is 1. The molecule has 14 heteroatoms. The molecule has 2 aliphatic carbocycles. The molecule has 0 aliphatic heterocycles. The molecule has 14 nitrogen and oxygen atoms in total. The standard InChI is InChI=1S/C34H52N6O8/c1-34(2,3)24-12-10-22(11-13-24)31(45)37-18-29(43)35-17-28(42)36-19-30(44)38-25(32(46)39-26(20-41)33(47)48)7-5-6-14-40(4)27-16-21-8-9-23(27)15-21/h10-13,21,23,25-27,41H,5-9,14-20H2,1-4H3,(H,35,43)(H,36,42)(H,37,45)(H,38,44)(H,39,46)(H,47,48). The lowest BCUT2D eigenvalue weighted by Crippen LogP contribution is -2.54. The fourth-order valence-corrected chi connectivity index (χ4v) is 6.47. The van der Waals surface area contributed by atoms with E-state index in [1.165, 1.54) is 25.7 Å². The monoisotopic (exact) mass is 672 g/mol. The number of rotatable bonds is 18. The molecule has 0 heterocycles. The van der Waals surface area contributed by atoms with E-state index in [2.05, 4.69) is 59.3 Å².